The van der Waals surface area contributed by atoms with Crippen molar-refractivity contribution in [3.63, 3.8) is 0 Å². The topological polar surface area (TPSA) is 79.6 Å². The van der Waals surface area contributed by atoms with Crippen molar-refractivity contribution in [3.8, 4) is 0 Å². The molecule has 122 valence electrons. The first kappa shape index (κ1) is 19.0. The van der Waals surface area contributed by atoms with E-state index in [2.05, 4.69) is 21.9 Å². The molecule has 2 rings (SSSR count). The van der Waals surface area contributed by atoms with Gasteiger partial charge in [-0.1, -0.05) is 12.1 Å². The number of rotatable bonds is 7. The number of nitrogens with zero attached hydrogens (tertiary/aromatic N) is 2. The lowest BCUT2D eigenvalue weighted by molar-refractivity contribution is -0.384. The number of nitro groups is 1. The third-order valence-electron chi connectivity index (χ3n) is 3.08. The molecular formula is C14H21IN4O2S. The van der Waals surface area contributed by atoms with E-state index in [1.54, 1.807) is 23.9 Å². The van der Waals surface area contributed by atoms with Gasteiger partial charge >= 0.3 is 0 Å². The maximum absolute atomic E-state index is 10.6. The largest absolute Gasteiger partial charge is 0.356 e. The van der Waals surface area contributed by atoms with Crippen LogP contribution in [0.25, 0.3) is 0 Å². The number of nitro benzene ring substituents is 1. The molecule has 1 fully saturated rings. The van der Waals surface area contributed by atoms with Crippen molar-refractivity contribution in [2.24, 2.45) is 4.99 Å². The van der Waals surface area contributed by atoms with Crippen LogP contribution in [0.1, 0.15) is 18.4 Å². The van der Waals surface area contributed by atoms with Crippen LogP contribution in [-0.4, -0.2) is 35.5 Å². The van der Waals surface area contributed by atoms with Crippen molar-refractivity contribution in [2.45, 2.75) is 25.4 Å². The Balaban J connectivity index is 0.00000242. The summed E-state index contributed by atoms with van der Waals surface area (Å²) in [6, 6.07) is 7.07. The summed E-state index contributed by atoms with van der Waals surface area (Å²) in [5.74, 6) is 1.85. The number of non-ortho nitro benzene ring substituents is 1. The summed E-state index contributed by atoms with van der Waals surface area (Å²) in [5, 5.41) is 17.3. The second kappa shape index (κ2) is 9.88. The van der Waals surface area contributed by atoms with Gasteiger partial charge in [0.25, 0.3) is 5.69 Å². The Kier molecular flexibility index (Phi) is 8.54. The minimum absolute atomic E-state index is 0. The van der Waals surface area contributed by atoms with Gasteiger partial charge in [-0.2, -0.15) is 11.8 Å². The van der Waals surface area contributed by atoms with Crippen LogP contribution in [-0.2, 0) is 6.54 Å². The van der Waals surface area contributed by atoms with Crippen LogP contribution >= 0.6 is 35.7 Å². The second-order valence-corrected chi connectivity index (χ2v) is 5.91. The van der Waals surface area contributed by atoms with E-state index in [1.807, 2.05) is 0 Å². The van der Waals surface area contributed by atoms with Crippen molar-refractivity contribution in [2.75, 3.05) is 18.6 Å². The quantitative estimate of drug-likeness (QED) is 0.172. The Labute approximate surface area is 151 Å². The molecule has 1 aromatic carbocycles. The van der Waals surface area contributed by atoms with Crippen molar-refractivity contribution in [1.29, 1.82) is 0 Å². The SMILES string of the molecule is CSCCNC(=NCc1ccc([N+](=O)[O-])cc1)NC1CC1.I. The fourth-order valence-electron chi connectivity index (χ4n) is 1.74. The molecule has 6 nitrogen and oxygen atoms in total. The highest BCUT2D eigenvalue weighted by molar-refractivity contribution is 14.0. The molecule has 2 N–H and O–H groups in total. The normalized spacial score (nSPS) is 14.1. The van der Waals surface area contributed by atoms with E-state index in [4.69, 9.17) is 0 Å². The molecule has 0 aliphatic heterocycles. The minimum atomic E-state index is -0.392. The van der Waals surface area contributed by atoms with Gasteiger partial charge in [0.2, 0.25) is 0 Å². The number of aliphatic imine (C=N–C) groups is 1. The number of guanidine groups is 1. The van der Waals surface area contributed by atoms with Crippen LogP contribution < -0.4 is 10.6 Å². The summed E-state index contributed by atoms with van der Waals surface area (Å²) in [6.45, 7) is 1.39. The predicted molar refractivity (Wildman–Crippen MR) is 102 cm³/mol. The maximum Gasteiger partial charge on any atom is 0.269 e. The van der Waals surface area contributed by atoms with E-state index >= 15 is 0 Å². The number of thioether (sulfide) groups is 1. The average molecular weight is 436 g/mol. The lowest BCUT2D eigenvalue weighted by Gasteiger charge is -2.11. The Morgan fingerprint density at radius 1 is 1.41 bits per heavy atom. The number of hydrogen-bond acceptors (Lipinski definition) is 4. The van der Waals surface area contributed by atoms with E-state index in [0.717, 1.165) is 23.8 Å². The molecule has 1 aliphatic carbocycles. The molecule has 0 spiro atoms. The highest BCUT2D eigenvalue weighted by Crippen LogP contribution is 2.18. The first-order chi connectivity index (χ1) is 10.2. The molecule has 1 saturated carbocycles. The molecule has 0 saturated heterocycles. The summed E-state index contributed by atoms with van der Waals surface area (Å²) in [7, 11) is 0. The molecule has 1 aromatic rings. The molecule has 1 aliphatic rings. The molecule has 0 bridgehead atoms. The zero-order chi connectivity index (χ0) is 15.1. The highest BCUT2D eigenvalue weighted by atomic mass is 127. The molecule has 0 atom stereocenters. The Morgan fingerprint density at radius 2 is 2.09 bits per heavy atom. The molecule has 0 heterocycles. The summed E-state index contributed by atoms with van der Waals surface area (Å²) in [5.41, 5.74) is 1.07. The standard InChI is InChI=1S/C14H20N4O2S.HI/c1-21-9-8-15-14(17-12-4-5-12)16-10-11-2-6-13(7-3-11)18(19)20;/h2-3,6-7,12H,4-5,8-10H2,1H3,(H2,15,16,17);1H. The number of halogens is 1. The lowest BCUT2D eigenvalue weighted by atomic mass is 10.2. The van der Waals surface area contributed by atoms with Crippen LogP contribution in [0.5, 0.6) is 0 Å². The van der Waals surface area contributed by atoms with Crippen LogP contribution in [0.4, 0.5) is 5.69 Å². The van der Waals surface area contributed by atoms with E-state index in [1.165, 1.54) is 25.0 Å². The highest BCUT2D eigenvalue weighted by Gasteiger charge is 2.22. The average Bonchev–Trinajstić information content (AvgIpc) is 3.29. The first-order valence-electron chi connectivity index (χ1n) is 6.96. The van der Waals surface area contributed by atoms with Crippen molar-refractivity contribution in [3.05, 3.63) is 39.9 Å². The van der Waals surface area contributed by atoms with Gasteiger partial charge in [0, 0.05) is 30.5 Å². The zero-order valence-corrected chi connectivity index (χ0v) is 15.6. The van der Waals surface area contributed by atoms with Crippen molar-refractivity contribution >= 4 is 47.4 Å². The number of hydrogen-bond donors (Lipinski definition) is 2. The van der Waals surface area contributed by atoms with Gasteiger partial charge < -0.3 is 10.6 Å². The molecule has 8 heteroatoms. The second-order valence-electron chi connectivity index (χ2n) is 4.93. The van der Waals surface area contributed by atoms with Gasteiger partial charge in [-0.25, -0.2) is 4.99 Å². The Hall–Kier alpha value is -1.03. The summed E-state index contributed by atoms with van der Waals surface area (Å²) in [4.78, 5) is 14.8. The van der Waals surface area contributed by atoms with Crippen molar-refractivity contribution < 1.29 is 4.92 Å². The summed E-state index contributed by atoms with van der Waals surface area (Å²) < 4.78 is 0. The number of nitrogens with one attached hydrogen (secondary N) is 2. The summed E-state index contributed by atoms with van der Waals surface area (Å²) in [6.07, 6.45) is 4.46. The predicted octanol–water partition coefficient (Wildman–Crippen LogP) is 2.77. The van der Waals surface area contributed by atoms with Crippen LogP contribution in [0.15, 0.2) is 29.3 Å². The Morgan fingerprint density at radius 3 is 2.64 bits per heavy atom. The van der Waals surface area contributed by atoms with E-state index in [9.17, 15) is 10.1 Å². The summed E-state index contributed by atoms with van der Waals surface area (Å²) >= 11 is 1.79. The minimum Gasteiger partial charge on any atom is -0.356 e. The van der Waals surface area contributed by atoms with E-state index in [-0.39, 0.29) is 29.7 Å². The molecular weight excluding hydrogens is 415 g/mol. The molecule has 22 heavy (non-hydrogen) atoms. The van der Waals surface area contributed by atoms with Gasteiger partial charge in [0.15, 0.2) is 5.96 Å². The van der Waals surface area contributed by atoms with Crippen LogP contribution in [0.3, 0.4) is 0 Å². The molecule has 0 amide bonds. The first-order valence-corrected chi connectivity index (χ1v) is 8.35. The lowest BCUT2D eigenvalue weighted by Crippen LogP contribution is -2.39. The van der Waals surface area contributed by atoms with Crippen molar-refractivity contribution in [1.82, 2.24) is 10.6 Å². The maximum atomic E-state index is 10.6. The van der Waals surface area contributed by atoms with Gasteiger partial charge in [0.05, 0.1) is 11.5 Å². The fourth-order valence-corrected chi connectivity index (χ4v) is 2.04. The monoisotopic (exact) mass is 436 g/mol. The van der Waals surface area contributed by atoms with E-state index in [0.29, 0.717) is 12.6 Å². The van der Waals surface area contributed by atoms with E-state index < -0.39 is 4.92 Å². The van der Waals surface area contributed by atoms with Gasteiger partial charge in [0.1, 0.15) is 0 Å². The Bertz CT molecular complexity index is 506. The third-order valence-corrected chi connectivity index (χ3v) is 3.70. The molecule has 0 unspecified atom stereocenters. The fraction of sp³-hybridized carbons (Fsp3) is 0.500. The van der Waals surface area contributed by atoms with Gasteiger partial charge in [-0.3, -0.25) is 10.1 Å². The van der Waals surface area contributed by atoms with Crippen LogP contribution in [0, 0.1) is 10.1 Å². The zero-order valence-electron chi connectivity index (χ0n) is 12.4. The van der Waals surface area contributed by atoms with Gasteiger partial charge in [-0.05, 0) is 24.7 Å². The van der Waals surface area contributed by atoms with Gasteiger partial charge in [-0.15, -0.1) is 24.0 Å². The molecule has 0 radical (unpaired) electrons. The number of benzene rings is 1. The molecule has 0 aromatic heterocycles. The smallest absolute Gasteiger partial charge is 0.269 e. The van der Waals surface area contributed by atoms with Crippen LogP contribution in [0.2, 0.25) is 0 Å². The third kappa shape index (κ3) is 6.82.